The van der Waals surface area contributed by atoms with Crippen LogP contribution in [-0.4, -0.2) is 18.4 Å². The molecule has 0 unspecified atom stereocenters. The summed E-state index contributed by atoms with van der Waals surface area (Å²) in [5.74, 6) is 1.22. The molecule has 0 saturated heterocycles. The number of rotatable bonds is 1. The summed E-state index contributed by atoms with van der Waals surface area (Å²) in [5.41, 5.74) is 0. The molecule has 2 atom stereocenters. The Balaban J connectivity index is 2.14. The first-order valence-electron chi connectivity index (χ1n) is 4.58. The molecule has 3 nitrogen and oxygen atoms in total. The summed E-state index contributed by atoms with van der Waals surface area (Å²) in [7, 11) is 0. The zero-order chi connectivity index (χ0) is 8.55. The van der Waals surface area contributed by atoms with Crippen LogP contribution in [-0.2, 0) is 9.53 Å². The fourth-order valence-corrected chi connectivity index (χ4v) is 2.11. The normalized spacial score (nSPS) is 33.4. The van der Waals surface area contributed by atoms with Gasteiger partial charge >= 0.3 is 0 Å². The Morgan fingerprint density at radius 1 is 1.50 bits per heavy atom. The Morgan fingerprint density at radius 3 is 3.00 bits per heavy atom. The van der Waals surface area contributed by atoms with E-state index in [4.69, 9.17) is 4.74 Å². The topological polar surface area (TPSA) is 38.7 Å². The number of aliphatic imine (C=N–C) groups is 1. The molecule has 1 saturated carbocycles. The average Bonchev–Trinajstić information content (AvgIpc) is 2.58. The highest BCUT2D eigenvalue weighted by molar-refractivity contribution is 6.01. The van der Waals surface area contributed by atoms with Crippen LogP contribution in [0, 0.1) is 11.8 Å². The second-order valence-corrected chi connectivity index (χ2v) is 3.37. The van der Waals surface area contributed by atoms with E-state index in [-0.39, 0.29) is 11.8 Å². The van der Waals surface area contributed by atoms with Crippen LogP contribution in [0.25, 0.3) is 0 Å². The Bertz CT molecular complexity index is 235. The van der Waals surface area contributed by atoms with Crippen molar-refractivity contribution in [3.8, 4) is 0 Å². The van der Waals surface area contributed by atoms with Crippen molar-refractivity contribution in [2.45, 2.75) is 26.2 Å². The SMILES string of the molecule is CCOC1=NC(=O)[C@@H]2CCC[C@H]12. The third kappa shape index (κ3) is 1.04. The van der Waals surface area contributed by atoms with Gasteiger partial charge in [-0.3, -0.25) is 4.79 Å². The standard InChI is InChI=1S/C9H13NO2/c1-2-12-9-7-5-3-4-6(7)8(11)10-9/h6-7H,2-5H2,1H3/t6-,7+/m1/s1. The van der Waals surface area contributed by atoms with Crippen molar-refractivity contribution in [1.29, 1.82) is 0 Å². The number of ether oxygens (including phenoxy) is 1. The monoisotopic (exact) mass is 167 g/mol. The average molecular weight is 167 g/mol. The molecule has 0 aromatic heterocycles. The Morgan fingerprint density at radius 2 is 2.25 bits per heavy atom. The number of hydrogen-bond acceptors (Lipinski definition) is 2. The van der Waals surface area contributed by atoms with Gasteiger partial charge in [0, 0.05) is 5.92 Å². The number of fused-ring (bicyclic) bond motifs is 1. The summed E-state index contributed by atoms with van der Waals surface area (Å²) in [6.45, 7) is 2.55. The van der Waals surface area contributed by atoms with E-state index in [2.05, 4.69) is 4.99 Å². The lowest BCUT2D eigenvalue weighted by Crippen LogP contribution is -2.16. The maximum absolute atomic E-state index is 11.3. The van der Waals surface area contributed by atoms with Gasteiger partial charge in [0.1, 0.15) is 0 Å². The maximum Gasteiger partial charge on any atom is 0.252 e. The Kier molecular flexibility index (Phi) is 1.87. The first kappa shape index (κ1) is 7.77. The minimum Gasteiger partial charge on any atom is -0.481 e. The lowest BCUT2D eigenvalue weighted by atomic mass is 9.99. The van der Waals surface area contributed by atoms with E-state index in [0.29, 0.717) is 18.4 Å². The van der Waals surface area contributed by atoms with E-state index in [1.807, 2.05) is 6.92 Å². The van der Waals surface area contributed by atoms with Gasteiger partial charge in [0.15, 0.2) is 5.90 Å². The van der Waals surface area contributed by atoms with Gasteiger partial charge in [-0.25, -0.2) is 0 Å². The number of carbonyl (C=O) groups is 1. The zero-order valence-electron chi connectivity index (χ0n) is 7.25. The van der Waals surface area contributed by atoms with Crippen LogP contribution in [0.15, 0.2) is 4.99 Å². The summed E-state index contributed by atoms with van der Waals surface area (Å²) >= 11 is 0. The predicted molar refractivity (Wildman–Crippen MR) is 44.9 cm³/mol. The highest BCUT2D eigenvalue weighted by atomic mass is 16.5. The van der Waals surface area contributed by atoms with Crippen molar-refractivity contribution in [2.24, 2.45) is 16.8 Å². The van der Waals surface area contributed by atoms with Gasteiger partial charge in [-0.2, -0.15) is 4.99 Å². The van der Waals surface area contributed by atoms with Crippen LogP contribution >= 0.6 is 0 Å². The van der Waals surface area contributed by atoms with Gasteiger partial charge in [0.25, 0.3) is 5.91 Å². The molecular formula is C9H13NO2. The van der Waals surface area contributed by atoms with Crippen molar-refractivity contribution in [2.75, 3.05) is 6.61 Å². The number of nitrogens with zero attached hydrogens (tertiary/aromatic N) is 1. The number of carbonyl (C=O) groups excluding carboxylic acids is 1. The first-order valence-corrected chi connectivity index (χ1v) is 4.58. The second kappa shape index (κ2) is 2.88. The summed E-state index contributed by atoms with van der Waals surface area (Å²) in [6, 6.07) is 0. The van der Waals surface area contributed by atoms with Crippen LogP contribution in [0.4, 0.5) is 0 Å². The molecule has 1 heterocycles. The molecule has 2 aliphatic rings. The molecule has 66 valence electrons. The molecule has 1 amide bonds. The molecule has 0 radical (unpaired) electrons. The van der Waals surface area contributed by atoms with Gasteiger partial charge < -0.3 is 4.74 Å². The number of amides is 1. The quantitative estimate of drug-likeness (QED) is 0.591. The van der Waals surface area contributed by atoms with Crippen molar-refractivity contribution in [3.05, 3.63) is 0 Å². The molecule has 0 aromatic rings. The molecular weight excluding hydrogens is 154 g/mol. The Hall–Kier alpha value is -0.860. The van der Waals surface area contributed by atoms with E-state index in [1.165, 1.54) is 0 Å². The molecule has 0 bridgehead atoms. The fraction of sp³-hybridized carbons (Fsp3) is 0.778. The Labute approximate surface area is 71.8 Å². The summed E-state index contributed by atoms with van der Waals surface area (Å²) in [4.78, 5) is 15.2. The summed E-state index contributed by atoms with van der Waals surface area (Å²) < 4.78 is 5.32. The second-order valence-electron chi connectivity index (χ2n) is 3.37. The molecule has 0 aromatic carbocycles. The third-order valence-electron chi connectivity index (χ3n) is 2.66. The maximum atomic E-state index is 11.3. The highest BCUT2D eigenvalue weighted by Gasteiger charge is 2.42. The highest BCUT2D eigenvalue weighted by Crippen LogP contribution is 2.37. The molecule has 0 spiro atoms. The molecule has 2 rings (SSSR count). The molecule has 0 N–H and O–H groups in total. The fourth-order valence-electron chi connectivity index (χ4n) is 2.11. The molecule has 1 aliphatic carbocycles. The minimum absolute atomic E-state index is 0.0425. The molecule has 1 aliphatic heterocycles. The van der Waals surface area contributed by atoms with Gasteiger partial charge in [-0.1, -0.05) is 6.42 Å². The van der Waals surface area contributed by atoms with Crippen LogP contribution in [0.2, 0.25) is 0 Å². The molecule has 1 fully saturated rings. The lowest BCUT2D eigenvalue weighted by molar-refractivity contribution is -0.120. The minimum atomic E-state index is 0.0425. The van der Waals surface area contributed by atoms with Crippen LogP contribution in [0.3, 0.4) is 0 Å². The van der Waals surface area contributed by atoms with E-state index < -0.39 is 0 Å². The van der Waals surface area contributed by atoms with E-state index >= 15 is 0 Å². The van der Waals surface area contributed by atoms with Crippen molar-refractivity contribution in [1.82, 2.24) is 0 Å². The number of hydrogen-bond donors (Lipinski definition) is 0. The largest absolute Gasteiger partial charge is 0.481 e. The van der Waals surface area contributed by atoms with Crippen LogP contribution in [0.5, 0.6) is 0 Å². The predicted octanol–water partition coefficient (Wildman–Crippen LogP) is 1.38. The van der Waals surface area contributed by atoms with Gasteiger partial charge in [0.2, 0.25) is 0 Å². The van der Waals surface area contributed by atoms with Crippen molar-refractivity contribution < 1.29 is 9.53 Å². The molecule has 12 heavy (non-hydrogen) atoms. The summed E-state index contributed by atoms with van der Waals surface area (Å²) in [6.07, 6.45) is 3.23. The van der Waals surface area contributed by atoms with E-state index in [1.54, 1.807) is 0 Å². The van der Waals surface area contributed by atoms with Gasteiger partial charge in [-0.05, 0) is 19.8 Å². The van der Waals surface area contributed by atoms with Gasteiger partial charge in [0.05, 0.1) is 12.5 Å². The summed E-state index contributed by atoms with van der Waals surface area (Å²) in [5, 5.41) is 0. The zero-order valence-corrected chi connectivity index (χ0v) is 7.25. The smallest absolute Gasteiger partial charge is 0.252 e. The van der Waals surface area contributed by atoms with E-state index in [9.17, 15) is 4.79 Å². The first-order chi connectivity index (χ1) is 5.83. The van der Waals surface area contributed by atoms with Crippen LogP contribution in [0.1, 0.15) is 26.2 Å². The van der Waals surface area contributed by atoms with Crippen molar-refractivity contribution >= 4 is 11.8 Å². The third-order valence-corrected chi connectivity index (χ3v) is 2.66. The van der Waals surface area contributed by atoms with Crippen LogP contribution < -0.4 is 0 Å². The van der Waals surface area contributed by atoms with E-state index in [0.717, 1.165) is 19.3 Å². The lowest BCUT2D eigenvalue weighted by Gasteiger charge is -2.09. The molecule has 3 heteroatoms. The van der Waals surface area contributed by atoms with Gasteiger partial charge in [-0.15, -0.1) is 0 Å². The van der Waals surface area contributed by atoms with Crippen molar-refractivity contribution in [3.63, 3.8) is 0 Å².